The second-order valence-corrected chi connectivity index (χ2v) is 5.03. The molecular formula is C20H16O. The molecule has 0 radical (unpaired) electrons. The smallest absolute Gasteiger partial charge is 0.150 e. The van der Waals surface area contributed by atoms with Crippen molar-refractivity contribution in [3.63, 3.8) is 0 Å². The Bertz CT molecular complexity index is 785. The molecule has 0 saturated carbocycles. The van der Waals surface area contributed by atoms with Crippen LogP contribution in [-0.4, -0.2) is 6.29 Å². The van der Waals surface area contributed by atoms with Crippen LogP contribution in [0.3, 0.4) is 0 Å². The van der Waals surface area contributed by atoms with E-state index in [-0.39, 0.29) is 0 Å². The van der Waals surface area contributed by atoms with Gasteiger partial charge in [0.2, 0.25) is 0 Å². The second-order valence-electron chi connectivity index (χ2n) is 5.03. The van der Waals surface area contributed by atoms with E-state index in [0.29, 0.717) is 0 Å². The molecule has 3 aromatic carbocycles. The predicted octanol–water partition coefficient (Wildman–Crippen LogP) is 4.66. The molecule has 0 amide bonds. The van der Waals surface area contributed by atoms with Crippen LogP contribution in [0.15, 0.2) is 78.9 Å². The molecule has 0 aliphatic rings. The Morgan fingerprint density at radius 3 is 2.29 bits per heavy atom. The maximum Gasteiger partial charge on any atom is 0.150 e. The lowest BCUT2D eigenvalue weighted by Crippen LogP contribution is -1.88. The molecule has 0 aromatic heterocycles. The number of hydrogen-bond acceptors (Lipinski definition) is 1. The summed E-state index contributed by atoms with van der Waals surface area (Å²) in [5.74, 6) is 0. The summed E-state index contributed by atoms with van der Waals surface area (Å²) >= 11 is 0. The van der Waals surface area contributed by atoms with Gasteiger partial charge in [-0.25, -0.2) is 0 Å². The van der Waals surface area contributed by atoms with E-state index in [4.69, 9.17) is 0 Å². The zero-order valence-corrected chi connectivity index (χ0v) is 11.7. The lowest BCUT2D eigenvalue weighted by Gasteiger charge is -2.03. The lowest BCUT2D eigenvalue weighted by molar-refractivity contribution is -0.103. The Balaban J connectivity index is 1.87. The summed E-state index contributed by atoms with van der Waals surface area (Å²) in [6.45, 7) is 0. The van der Waals surface area contributed by atoms with E-state index in [1.54, 1.807) is 0 Å². The maximum absolute atomic E-state index is 11.3. The van der Waals surface area contributed by atoms with Gasteiger partial charge in [0.15, 0.2) is 0 Å². The highest BCUT2D eigenvalue weighted by molar-refractivity contribution is 6.06. The molecule has 21 heavy (non-hydrogen) atoms. The minimum atomic E-state index is 0.740. The summed E-state index contributed by atoms with van der Waals surface area (Å²) in [6.07, 6.45) is 3.68. The Morgan fingerprint density at radius 1 is 0.810 bits per heavy atom. The van der Waals surface area contributed by atoms with Crippen molar-refractivity contribution in [2.24, 2.45) is 0 Å². The summed E-state index contributed by atoms with van der Waals surface area (Å²) < 4.78 is 0. The molecule has 0 spiro atoms. The Labute approximate surface area is 124 Å². The van der Waals surface area contributed by atoms with Gasteiger partial charge in [-0.1, -0.05) is 78.9 Å². The zero-order valence-electron chi connectivity index (χ0n) is 11.7. The average Bonchev–Trinajstić information content (AvgIpc) is 2.56. The summed E-state index contributed by atoms with van der Waals surface area (Å²) in [7, 11) is 0. The first-order valence-electron chi connectivity index (χ1n) is 7.05. The summed E-state index contributed by atoms with van der Waals surface area (Å²) in [4.78, 5) is 11.3. The maximum atomic E-state index is 11.3. The van der Waals surface area contributed by atoms with E-state index in [9.17, 15) is 4.79 Å². The normalized spacial score (nSPS) is 11.5. The average molecular weight is 272 g/mol. The number of aldehydes is 1. The van der Waals surface area contributed by atoms with Crippen molar-refractivity contribution in [1.82, 2.24) is 0 Å². The fraction of sp³-hybridized carbons (Fsp3) is 0.0500. The van der Waals surface area contributed by atoms with Crippen LogP contribution in [0.25, 0.3) is 16.3 Å². The number of benzene rings is 3. The third-order valence-corrected chi connectivity index (χ3v) is 3.61. The summed E-state index contributed by atoms with van der Waals surface area (Å²) in [6, 6.07) is 24.5. The van der Waals surface area contributed by atoms with Crippen LogP contribution in [-0.2, 0) is 11.2 Å². The number of hydrogen-bond donors (Lipinski definition) is 0. The molecule has 102 valence electrons. The summed E-state index contributed by atoms with van der Waals surface area (Å²) in [5, 5.41) is 2.47. The van der Waals surface area contributed by atoms with Crippen molar-refractivity contribution < 1.29 is 4.79 Å². The van der Waals surface area contributed by atoms with Crippen LogP contribution in [0.2, 0.25) is 0 Å². The first-order valence-corrected chi connectivity index (χ1v) is 7.05. The SMILES string of the molecule is O=CC(=CCc1ccc2ccccc2c1)c1ccccc1. The van der Waals surface area contributed by atoms with Crippen molar-refractivity contribution in [2.45, 2.75) is 6.42 Å². The molecule has 3 aromatic rings. The van der Waals surface area contributed by atoms with Crippen LogP contribution in [0.5, 0.6) is 0 Å². The Hall–Kier alpha value is -2.67. The Kier molecular flexibility index (Phi) is 3.92. The van der Waals surface area contributed by atoms with Gasteiger partial charge in [0.1, 0.15) is 6.29 Å². The molecule has 0 saturated heterocycles. The van der Waals surface area contributed by atoms with E-state index in [0.717, 1.165) is 23.8 Å². The first-order chi connectivity index (χ1) is 10.4. The van der Waals surface area contributed by atoms with Crippen molar-refractivity contribution in [3.8, 4) is 0 Å². The molecule has 0 aliphatic carbocycles. The molecule has 0 N–H and O–H groups in total. The highest BCUT2D eigenvalue weighted by atomic mass is 16.1. The van der Waals surface area contributed by atoms with Crippen LogP contribution in [0.1, 0.15) is 11.1 Å². The van der Waals surface area contributed by atoms with Crippen molar-refractivity contribution >= 4 is 22.6 Å². The molecule has 0 heterocycles. The number of allylic oxidation sites excluding steroid dienone is 2. The van der Waals surface area contributed by atoms with Gasteiger partial charge in [0, 0.05) is 5.57 Å². The molecule has 1 heteroatoms. The Morgan fingerprint density at radius 2 is 1.52 bits per heavy atom. The van der Waals surface area contributed by atoms with Crippen LogP contribution in [0.4, 0.5) is 0 Å². The first kappa shape index (κ1) is 13.3. The fourth-order valence-electron chi connectivity index (χ4n) is 2.46. The van der Waals surface area contributed by atoms with E-state index in [1.165, 1.54) is 16.3 Å². The summed E-state index contributed by atoms with van der Waals surface area (Å²) in [5.41, 5.74) is 2.92. The topological polar surface area (TPSA) is 17.1 Å². The minimum Gasteiger partial charge on any atom is -0.298 e. The molecule has 3 rings (SSSR count). The lowest BCUT2D eigenvalue weighted by atomic mass is 10.0. The van der Waals surface area contributed by atoms with Gasteiger partial charge in [-0.15, -0.1) is 0 Å². The minimum absolute atomic E-state index is 0.740. The molecule has 0 aliphatic heterocycles. The van der Waals surface area contributed by atoms with Gasteiger partial charge in [-0.3, -0.25) is 4.79 Å². The van der Waals surface area contributed by atoms with Crippen molar-refractivity contribution in [3.05, 3.63) is 90.0 Å². The number of carbonyl (C=O) groups is 1. The van der Waals surface area contributed by atoms with Gasteiger partial charge in [0.25, 0.3) is 0 Å². The predicted molar refractivity (Wildman–Crippen MR) is 88.1 cm³/mol. The second kappa shape index (κ2) is 6.19. The third kappa shape index (κ3) is 3.09. The molecule has 0 fully saturated rings. The quantitative estimate of drug-likeness (QED) is 0.498. The number of fused-ring (bicyclic) bond motifs is 1. The molecule has 0 bridgehead atoms. The van der Waals surface area contributed by atoms with Gasteiger partial charge in [0.05, 0.1) is 0 Å². The molecule has 1 nitrogen and oxygen atoms in total. The van der Waals surface area contributed by atoms with Gasteiger partial charge < -0.3 is 0 Å². The van der Waals surface area contributed by atoms with Crippen molar-refractivity contribution in [2.75, 3.05) is 0 Å². The van der Waals surface area contributed by atoms with Crippen molar-refractivity contribution in [1.29, 1.82) is 0 Å². The standard InChI is InChI=1S/C20H16O/c21-15-20(17-6-2-1-3-7-17)13-11-16-10-12-18-8-4-5-9-19(18)14-16/h1-10,12-15H,11H2. The monoisotopic (exact) mass is 272 g/mol. The zero-order chi connectivity index (χ0) is 14.5. The third-order valence-electron chi connectivity index (χ3n) is 3.61. The van der Waals surface area contributed by atoms with Crippen LogP contribution >= 0.6 is 0 Å². The van der Waals surface area contributed by atoms with E-state index in [2.05, 4.69) is 30.3 Å². The molecule has 0 unspecified atom stereocenters. The van der Waals surface area contributed by atoms with E-state index in [1.807, 2.05) is 48.5 Å². The van der Waals surface area contributed by atoms with E-state index < -0.39 is 0 Å². The highest BCUT2D eigenvalue weighted by Gasteiger charge is 2.00. The van der Waals surface area contributed by atoms with E-state index >= 15 is 0 Å². The van der Waals surface area contributed by atoms with Gasteiger partial charge in [-0.2, -0.15) is 0 Å². The number of rotatable bonds is 4. The molecule has 0 atom stereocenters. The largest absolute Gasteiger partial charge is 0.298 e. The molecular weight excluding hydrogens is 256 g/mol. The number of carbonyl (C=O) groups excluding carboxylic acids is 1. The fourth-order valence-corrected chi connectivity index (χ4v) is 2.46. The van der Waals surface area contributed by atoms with Crippen LogP contribution < -0.4 is 0 Å². The van der Waals surface area contributed by atoms with Crippen LogP contribution in [0, 0.1) is 0 Å². The van der Waals surface area contributed by atoms with Gasteiger partial charge >= 0.3 is 0 Å². The highest BCUT2D eigenvalue weighted by Crippen LogP contribution is 2.18. The van der Waals surface area contributed by atoms with Gasteiger partial charge in [-0.05, 0) is 28.3 Å².